The molecule has 0 bridgehead atoms. The number of nitrogens with two attached hydrogens (primary N) is 1. The maximum Gasteiger partial charge on any atom is 0.244 e. The maximum absolute atomic E-state index is 13.4. The molecule has 0 fully saturated rings. The zero-order valence-corrected chi connectivity index (χ0v) is 11.0. The van der Waals surface area contributed by atoms with Gasteiger partial charge in [-0.25, -0.2) is 17.2 Å². The van der Waals surface area contributed by atoms with E-state index in [-0.39, 0.29) is 0 Å². The molecule has 0 aliphatic rings. The Kier molecular flexibility index (Phi) is 4.11. The van der Waals surface area contributed by atoms with Crippen LogP contribution in [0.15, 0.2) is 28.3 Å². The number of hydrogen-bond donors (Lipinski definition) is 3. The summed E-state index contributed by atoms with van der Waals surface area (Å²) in [6.45, 7) is 2.60. The first-order valence-electron chi connectivity index (χ1n) is 5.07. The molecule has 0 radical (unpaired) electrons. The zero-order valence-electron chi connectivity index (χ0n) is 10.2. The molecule has 1 rings (SSSR count). The molecule has 0 aliphatic heterocycles. The highest BCUT2D eigenvalue weighted by atomic mass is 32.2. The van der Waals surface area contributed by atoms with Gasteiger partial charge in [0.15, 0.2) is 5.84 Å². The number of amidine groups is 1. The second-order valence-corrected chi connectivity index (χ2v) is 5.94. The van der Waals surface area contributed by atoms with Crippen molar-refractivity contribution in [3.8, 4) is 0 Å². The summed E-state index contributed by atoms with van der Waals surface area (Å²) in [5, 5.41) is 11.2. The van der Waals surface area contributed by atoms with Crippen LogP contribution in [0.25, 0.3) is 0 Å². The fourth-order valence-electron chi connectivity index (χ4n) is 1.25. The SMILES string of the molecule is CC(C)(NS(=O)(=O)c1cc(F)ccc1F)/C(N)=N/O. The molecule has 19 heavy (non-hydrogen) atoms. The van der Waals surface area contributed by atoms with Gasteiger partial charge in [0.25, 0.3) is 0 Å². The molecule has 0 amide bonds. The maximum atomic E-state index is 13.4. The number of oxime groups is 1. The number of hydrogen-bond acceptors (Lipinski definition) is 4. The van der Waals surface area contributed by atoms with Crippen LogP contribution in [-0.4, -0.2) is 25.0 Å². The van der Waals surface area contributed by atoms with E-state index in [1.165, 1.54) is 13.8 Å². The van der Waals surface area contributed by atoms with Crippen LogP contribution >= 0.6 is 0 Å². The predicted molar refractivity (Wildman–Crippen MR) is 64.2 cm³/mol. The van der Waals surface area contributed by atoms with Crippen LogP contribution in [0.3, 0.4) is 0 Å². The standard InChI is InChI=1S/C10H13F2N3O3S/c1-10(2,9(13)14-16)15-19(17,18)8-5-6(11)3-4-7(8)12/h3-5,15-16H,1-2H3,(H2,13,14). The molecule has 0 unspecified atom stereocenters. The first kappa shape index (κ1) is 15.3. The Labute approximate surface area is 109 Å². The summed E-state index contributed by atoms with van der Waals surface area (Å²) in [6, 6.07) is 2.03. The Morgan fingerprint density at radius 1 is 1.42 bits per heavy atom. The van der Waals surface area contributed by atoms with Crippen LogP contribution in [0, 0.1) is 11.6 Å². The number of benzene rings is 1. The normalized spacial score (nSPS) is 13.6. The number of sulfonamides is 1. The number of halogens is 2. The van der Waals surface area contributed by atoms with E-state index in [0.717, 1.165) is 6.07 Å². The highest BCUT2D eigenvalue weighted by Gasteiger charge is 2.32. The van der Waals surface area contributed by atoms with Crippen molar-refractivity contribution < 1.29 is 22.4 Å². The van der Waals surface area contributed by atoms with Crippen molar-refractivity contribution in [3.63, 3.8) is 0 Å². The molecular weight excluding hydrogens is 280 g/mol. The summed E-state index contributed by atoms with van der Waals surface area (Å²) in [4.78, 5) is -0.855. The van der Waals surface area contributed by atoms with Crippen LogP contribution in [0.2, 0.25) is 0 Å². The second kappa shape index (κ2) is 5.10. The predicted octanol–water partition coefficient (Wildman–Crippen LogP) is 0.768. The Bertz CT molecular complexity index is 614. The third-order valence-corrected chi connectivity index (χ3v) is 3.99. The zero-order chi connectivity index (χ0) is 14.8. The van der Waals surface area contributed by atoms with Gasteiger partial charge in [0.1, 0.15) is 16.5 Å². The summed E-state index contributed by atoms with van der Waals surface area (Å²) in [5.41, 5.74) is 3.84. The molecular formula is C10H13F2N3O3S. The number of nitrogens with zero attached hydrogens (tertiary/aromatic N) is 1. The average molecular weight is 293 g/mol. The van der Waals surface area contributed by atoms with Gasteiger partial charge in [-0.1, -0.05) is 5.16 Å². The molecule has 0 saturated heterocycles. The lowest BCUT2D eigenvalue weighted by Crippen LogP contribution is -2.53. The molecule has 6 nitrogen and oxygen atoms in total. The molecule has 0 spiro atoms. The Morgan fingerprint density at radius 2 is 2.00 bits per heavy atom. The summed E-state index contributed by atoms with van der Waals surface area (Å²) in [7, 11) is -4.36. The minimum Gasteiger partial charge on any atom is -0.409 e. The Hall–Kier alpha value is -1.74. The van der Waals surface area contributed by atoms with Gasteiger partial charge < -0.3 is 10.9 Å². The lowest BCUT2D eigenvalue weighted by atomic mass is 10.1. The van der Waals surface area contributed by atoms with E-state index in [4.69, 9.17) is 10.9 Å². The van der Waals surface area contributed by atoms with Gasteiger partial charge in [-0.3, -0.25) is 0 Å². The largest absolute Gasteiger partial charge is 0.409 e. The summed E-state index contributed by atoms with van der Waals surface area (Å²) in [5.74, 6) is -2.43. The highest BCUT2D eigenvalue weighted by molar-refractivity contribution is 7.89. The minimum atomic E-state index is -4.36. The van der Waals surface area contributed by atoms with Gasteiger partial charge >= 0.3 is 0 Å². The molecule has 4 N–H and O–H groups in total. The molecule has 0 atom stereocenters. The van der Waals surface area contributed by atoms with Crippen LogP contribution in [0.5, 0.6) is 0 Å². The molecule has 0 heterocycles. The van der Waals surface area contributed by atoms with Crippen molar-refractivity contribution in [3.05, 3.63) is 29.8 Å². The van der Waals surface area contributed by atoms with E-state index in [2.05, 4.69) is 5.16 Å². The van der Waals surface area contributed by atoms with Crippen molar-refractivity contribution in [2.24, 2.45) is 10.9 Å². The van der Waals surface area contributed by atoms with Gasteiger partial charge in [0.2, 0.25) is 10.0 Å². The summed E-state index contributed by atoms with van der Waals surface area (Å²) < 4.78 is 52.3. The highest BCUT2D eigenvalue weighted by Crippen LogP contribution is 2.18. The van der Waals surface area contributed by atoms with Crippen molar-refractivity contribution in [2.75, 3.05) is 0 Å². The molecule has 0 aromatic heterocycles. The second-order valence-electron chi connectivity index (χ2n) is 4.29. The smallest absolute Gasteiger partial charge is 0.244 e. The molecule has 0 aliphatic carbocycles. The first-order chi connectivity index (χ1) is 8.60. The Balaban J connectivity index is 3.23. The molecule has 106 valence electrons. The third kappa shape index (κ3) is 3.38. The van der Waals surface area contributed by atoms with E-state index in [1.807, 2.05) is 4.72 Å². The van der Waals surface area contributed by atoms with Crippen LogP contribution < -0.4 is 10.5 Å². The van der Waals surface area contributed by atoms with Gasteiger partial charge in [0.05, 0.1) is 5.54 Å². The van der Waals surface area contributed by atoms with Crippen molar-refractivity contribution >= 4 is 15.9 Å². The minimum absolute atomic E-state index is 0.423. The monoisotopic (exact) mass is 293 g/mol. The molecule has 1 aromatic rings. The number of nitrogens with one attached hydrogen (secondary N) is 1. The van der Waals surface area contributed by atoms with E-state index in [0.29, 0.717) is 12.1 Å². The molecule has 9 heteroatoms. The van der Waals surface area contributed by atoms with E-state index >= 15 is 0 Å². The Morgan fingerprint density at radius 3 is 2.53 bits per heavy atom. The van der Waals surface area contributed by atoms with Gasteiger partial charge in [0, 0.05) is 0 Å². The van der Waals surface area contributed by atoms with Crippen LogP contribution in [0.1, 0.15) is 13.8 Å². The molecule has 0 saturated carbocycles. The van der Waals surface area contributed by atoms with Gasteiger partial charge in [-0.15, -0.1) is 0 Å². The van der Waals surface area contributed by atoms with Crippen LogP contribution in [-0.2, 0) is 10.0 Å². The van der Waals surface area contributed by atoms with E-state index < -0.39 is 37.9 Å². The fourth-order valence-corrected chi connectivity index (χ4v) is 2.73. The van der Waals surface area contributed by atoms with Gasteiger partial charge in [-0.05, 0) is 32.0 Å². The van der Waals surface area contributed by atoms with Crippen molar-refractivity contribution in [1.82, 2.24) is 4.72 Å². The van der Waals surface area contributed by atoms with E-state index in [9.17, 15) is 17.2 Å². The van der Waals surface area contributed by atoms with Crippen molar-refractivity contribution in [1.29, 1.82) is 0 Å². The first-order valence-corrected chi connectivity index (χ1v) is 6.55. The van der Waals surface area contributed by atoms with Crippen molar-refractivity contribution in [2.45, 2.75) is 24.3 Å². The third-order valence-electron chi connectivity index (χ3n) is 2.32. The quantitative estimate of drug-likeness (QED) is 0.330. The topological polar surface area (TPSA) is 105 Å². The summed E-state index contributed by atoms with van der Waals surface area (Å²) in [6.07, 6.45) is 0. The average Bonchev–Trinajstić information content (AvgIpc) is 2.29. The lowest BCUT2D eigenvalue weighted by molar-refractivity contribution is 0.312. The lowest BCUT2D eigenvalue weighted by Gasteiger charge is -2.24. The van der Waals surface area contributed by atoms with Gasteiger partial charge in [-0.2, -0.15) is 4.72 Å². The summed E-state index contributed by atoms with van der Waals surface area (Å²) >= 11 is 0. The number of rotatable bonds is 4. The van der Waals surface area contributed by atoms with Crippen LogP contribution in [0.4, 0.5) is 8.78 Å². The molecule has 1 aromatic carbocycles. The van der Waals surface area contributed by atoms with E-state index in [1.54, 1.807) is 0 Å². The fraction of sp³-hybridized carbons (Fsp3) is 0.300.